The molecule has 0 bridgehead atoms. The third-order valence-electron chi connectivity index (χ3n) is 4.46. The van der Waals surface area contributed by atoms with Crippen molar-refractivity contribution in [3.8, 4) is 0 Å². The summed E-state index contributed by atoms with van der Waals surface area (Å²) in [6, 6.07) is 23.0. The summed E-state index contributed by atoms with van der Waals surface area (Å²) < 4.78 is 4.65. The van der Waals surface area contributed by atoms with Gasteiger partial charge in [-0.05, 0) is 48.0 Å². The zero-order valence-electron chi connectivity index (χ0n) is 17.1. The number of amides is 2. The van der Waals surface area contributed by atoms with E-state index in [-0.39, 0.29) is 18.4 Å². The summed E-state index contributed by atoms with van der Waals surface area (Å²) in [5, 5.41) is 8.61. The molecule has 0 fully saturated rings. The van der Waals surface area contributed by atoms with Gasteiger partial charge in [-0.1, -0.05) is 36.4 Å². The Morgan fingerprint density at radius 1 is 0.806 bits per heavy atom. The molecule has 2 amide bonds. The fraction of sp³-hybridized carbons (Fsp3) is 0.125. The maximum Gasteiger partial charge on any atom is 0.337 e. The lowest BCUT2D eigenvalue weighted by Gasteiger charge is -2.10. The molecule has 158 valence electrons. The first-order valence-corrected chi connectivity index (χ1v) is 9.69. The van der Waals surface area contributed by atoms with E-state index in [0.717, 1.165) is 5.56 Å². The van der Waals surface area contributed by atoms with Crippen LogP contribution in [0.2, 0.25) is 0 Å². The highest BCUT2D eigenvalue weighted by Crippen LogP contribution is 2.13. The summed E-state index contributed by atoms with van der Waals surface area (Å²) in [5.74, 6) is -0.903. The van der Waals surface area contributed by atoms with Gasteiger partial charge in [0.05, 0.1) is 19.2 Å². The number of esters is 1. The van der Waals surface area contributed by atoms with Gasteiger partial charge in [0.2, 0.25) is 5.91 Å². The van der Waals surface area contributed by atoms with Crippen molar-refractivity contribution < 1.29 is 19.1 Å². The number of rotatable bonds is 8. The normalized spacial score (nSPS) is 10.1. The SMILES string of the molecule is COC(=O)c1ccc(NCC(=O)Nc2cccc(C(=O)NCc3ccccc3)c2)cc1. The van der Waals surface area contributed by atoms with Gasteiger partial charge in [-0.15, -0.1) is 0 Å². The Morgan fingerprint density at radius 3 is 2.26 bits per heavy atom. The van der Waals surface area contributed by atoms with Crippen LogP contribution in [0.5, 0.6) is 0 Å². The molecule has 0 aromatic heterocycles. The Kier molecular flexibility index (Phi) is 7.37. The first-order valence-electron chi connectivity index (χ1n) is 9.69. The van der Waals surface area contributed by atoms with Gasteiger partial charge in [-0.3, -0.25) is 9.59 Å². The molecule has 7 heteroatoms. The van der Waals surface area contributed by atoms with Crippen LogP contribution in [0, 0.1) is 0 Å². The molecule has 31 heavy (non-hydrogen) atoms. The van der Waals surface area contributed by atoms with E-state index in [1.54, 1.807) is 48.5 Å². The number of carbonyl (C=O) groups excluding carboxylic acids is 3. The van der Waals surface area contributed by atoms with E-state index in [0.29, 0.717) is 29.0 Å². The molecule has 0 atom stereocenters. The van der Waals surface area contributed by atoms with Crippen LogP contribution in [-0.4, -0.2) is 31.4 Å². The van der Waals surface area contributed by atoms with Crippen LogP contribution in [0.15, 0.2) is 78.9 Å². The Balaban J connectivity index is 1.51. The smallest absolute Gasteiger partial charge is 0.337 e. The van der Waals surface area contributed by atoms with Crippen LogP contribution in [-0.2, 0) is 16.1 Å². The summed E-state index contributed by atoms with van der Waals surface area (Å²) in [7, 11) is 1.32. The summed E-state index contributed by atoms with van der Waals surface area (Å²) in [6.07, 6.45) is 0. The molecular formula is C24H23N3O4. The first kappa shape index (κ1) is 21.6. The molecule has 0 radical (unpaired) electrons. The second kappa shape index (κ2) is 10.6. The van der Waals surface area contributed by atoms with E-state index in [4.69, 9.17) is 0 Å². The molecule has 0 saturated carbocycles. The highest BCUT2D eigenvalue weighted by Gasteiger charge is 2.09. The standard InChI is InChI=1S/C24H23N3O4/c1-31-24(30)18-10-12-20(13-11-18)25-16-22(28)27-21-9-5-8-19(14-21)23(29)26-15-17-6-3-2-4-7-17/h2-14,25H,15-16H2,1H3,(H,26,29)(H,27,28). The number of hydrogen-bond donors (Lipinski definition) is 3. The van der Waals surface area contributed by atoms with Crippen molar-refractivity contribution in [1.29, 1.82) is 0 Å². The highest BCUT2D eigenvalue weighted by atomic mass is 16.5. The lowest BCUT2D eigenvalue weighted by atomic mass is 10.1. The number of hydrogen-bond acceptors (Lipinski definition) is 5. The van der Waals surface area contributed by atoms with Crippen LogP contribution in [0.4, 0.5) is 11.4 Å². The van der Waals surface area contributed by atoms with Gasteiger partial charge >= 0.3 is 5.97 Å². The van der Waals surface area contributed by atoms with E-state index in [1.165, 1.54) is 7.11 Å². The minimum absolute atomic E-state index is 0.0298. The minimum atomic E-state index is -0.419. The van der Waals surface area contributed by atoms with Crippen molar-refractivity contribution in [3.05, 3.63) is 95.6 Å². The fourth-order valence-electron chi connectivity index (χ4n) is 2.85. The first-order chi connectivity index (χ1) is 15.0. The van der Waals surface area contributed by atoms with Crippen LogP contribution in [0.1, 0.15) is 26.3 Å². The quantitative estimate of drug-likeness (QED) is 0.488. The molecule has 0 aliphatic rings. The largest absolute Gasteiger partial charge is 0.465 e. The van der Waals surface area contributed by atoms with Crippen molar-refractivity contribution in [1.82, 2.24) is 5.32 Å². The molecule has 3 N–H and O–H groups in total. The number of anilines is 2. The zero-order chi connectivity index (χ0) is 22.1. The third-order valence-corrected chi connectivity index (χ3v) is 4.46. The third kappa shape index (κ3) is 6.43. The molecule has 3 aromatic rings. The van der Waals surface area contributed by atoms with Crippen molar-refractivity contribution in [3.63, 3.8) is 0 Å². The predicted molar refractivity (Wildman–Crippen MR) is 119 cm³/mol. The monoisotopic (exact) mass is 417 g/mol. The maximum absolute atomic E-state index is 12.4. The zero-order valence-corrected chi connectivity index (χ0v) is 17.1. The maximum atomic E-state index is 12.4. The lowest BCUT2D eigenvalue weighted by Crippen LogP contribution is -2.24. The predicted octanol–water partition coefficient (Wildman–Crippen LogP) is 3.45. The van der Waals surface area contributed by atoms with E-state index in [2.05, 4.69) is 20.7 Å². The second-order valence-corrected chi connectivity index (χ2v) is 6.72. The number of benzene rings is 3. The number of carbonyl (C=O) groups is 3. The molecule has 0 aliphatic carbocycles. The molecule has 3 aromatic carbocycles. The van der Waals surface area contributed by atoms with E-state index < -0.39 is 5.97 Å². The molecule has 3 rings (SSSR count). The molecule has 0 aliphatic heterocycles. The molecule has 0 unspecified atom stereocenters. The molecule has 0 spiro atoms. The molecule has 7 nitrogen and oxygen atoms in total. The van der Waals surface area contributed by atoms with E-state index in [1.807, 2.05) is 30.3 Å². The van der Waals surface area contributed by atoms with Crippen molar-refractivity contribution in [2.45, 2.75) is 6.54 Å². The van der Waals surface area contributed by atoms with Crippen LogP contribution < -0.4 is 16.0 Å². The van der Waals surface area contributed by atoms with Gasteiger partial charge in [0, 0.05) is 23.5 Å². The van der Waals surface area contributed by atoms with Crippen LogP contribution in [0.3, 0.4) is 0 Å². The number of methoxy groups -OCH3 is 1. The average Bonchev–Trinajstić information content (AvgIpc) is 2.82. The summed E-state index contributed by atoms with van der Waals surface area (Å²) in [5.41, 5.74) is 3.11. The highest BCUT2D eigenvalue weighted by molar-refractivity contribution is 5.98. The Bertz CT molecular complexity index is 1050. The second-order valence-electron chi connectivity index (χ2n) is 6.72. The Hall–Kier alpha value is -4.13. The molecule has 0 saturated heterocycles. The van der Waals surface area contributed by atoms with Gasteiger partial charge in [0.1, 0.15) is 0 Å². The van der Waals surface area contributed by atoms with Gasteiger partial charge in [0.15, 0.2) is 0 Å². The Morgan fingerprint density at radius 2 is 1.55 bits per heavy atom. The molecular weight excluding hydrogens is 394 g/mol. The average molecular weight is 417 g/mol. The van der Waals surface area contributed by atoms with Crippen LogP contribution >= 0.6 is 0 Å². The number of nitrogens with one attached hydrogen (secondary N) is 3. The van der Waals surface area contributed by atoms with Gasteiger partial charge < -0.3 is 20.7 Å². The van der Waals surface area contributed by atoms with E-state index >= 15 is 0 Å². The Labute approximate surface area is 180 Å². The van der Waals surface area contributed by atoms with Gasteiger partial charge in [-0.2, -0.15) is 0 Å². The number of ether oxygens (including phenoxy) is 1. The molecule has 0 heterocycles. The van der Waals surface area contributed by atoms with E-state index in [9.17, 15) is 14.4 Å². The fourth-order valence-corrected chi connectivity index (χ4v) is 2.85. The van der Waals surface area contributed by atoms with Crippen LogP contribution in [0.25, 0.3) is 0 Å². The van der Waals surface area contributed by atoms with Crippen molar-refractivity contribution in [2.75, 3.05) is 24.3 Å². The topological polar surface area (TPSA) is 96.5 Å². The summed E-state index contributed by atoms with van der Waals surface area (Å²) in [6.45, 7) is 0.455. The minimum Gasteiger partial charge on any atom is -0.465 e. The summed E-state index contributed by atoms with van der Waals surface area (Å²) >= 11 is 0. The van der Waals surface area contributed by atoms with Gasteiger partial charge in [0.25, 0.3) is 5.91 Å². The van der Waals surface area contributed by atoms with Crippen molar-refractivity contribution in [2.24, 2.45) is 0 Å². The van der Waals surface area contributed by atoms with Gasteiger partial charge in [-0.25, -0.2) is 4.79 Å². The lowest BCUT2D eigenvalue weighted by molar-refractivity contribution is -0.114. The van der Waals surface area contributed by atoms with Crippen molar-refractivity contribution >= 4 is 29.2 Å². The summed E-state index contributed by atoms with van der Waals surface area (Å²) in [4.78, 5) is 36.1.